The Morgan fingerprint density at radius 1 is 1.23 bits per heavy atom. The number of anilines is 1. The summed E-state index contributed by atoms with van der Waals surface area (Å²) < 4.78 is 29.2. The number of hydrogen-bond acceptors (Lipinski definition) is 10. The minimum absolute atomic E-state index is 0.00609. The maximum absolute atomic E-state index is 14.0. The van der Waals surface area contributed by atoms with E-state index in [9.17, 15) is 19.5 Å². The number of aliphatic hydroxyl groups is 1. The molecule has 13 heteroatoms. The molecule has 4 bridgehead atoms. The predicted octanol–water partition coefficient (Wildman–Crippen LogP) is 4.40. The lowest BCUT2D eigenvalue weighted by atomic mass is 9.83. The molecule has 1 unspecified atom stereocenters. The third kappa shape index (κ3) is 7.83. The number of benzene rings is 1. The molecule has 2 fully saturated rings. The van der Waals surface area contributed by atoms with Crippen molar-refractivity contribution in [2.24, 2.45) is 5.92 Å². The van der Waals surface area contributed by atoms with Gasteiger partial charge in [-0.05, 0) is 65.8 Å². The zero-order valence-electron chi connectivity index (χ0n) is 29.5. The number of esters is 1. The van der Waals surface area contributed by atoms with Gasteiger partial charge in [-0.25, -0.2) is 4.79 Å². The molecule has 0 spiro atoms. The van der Waals surface area contributed by atoms with Crippen LogP contribution >= 0.6 is 11.6 Å². The minimum atomic E-state index is -1.78. The summed E-state index contributed by atoms with van der Waals surface area (Å²) in [6.07, 6.45) is 1.52. The highest BCUT2D eigenvalue weighted by molar-refractivity contribution is 6.35. The standard InChI is InChI=1S/C35H50ClN3O9/c1-19(2)38(7)22(5)32(41)47-28-17-29(40)39(8)24-15-23(16-25(44-9)30(24)36)14-20(3)12-11-13-27(45-10)35(43)18-26(46-33(42)37-35)21(4)31-34(28,6)48-31/h11-13,15-16,19,21-22,26-28,31,43H,14,17-18H2,1-10H3,(H,37,42)/t21-,22+,26+,27-,28-,31?,34+,35+/m1/s1. The summed E-state index contributed by atoms with van der Waals surface area (Å²) in [7, 11) is 6.41. The van der Waals surface area contributed by atoms with E-state index >= 15 is 0 Å². The number of rotatable bonds is 6. The first-order chi connectivity index (χ1) is 22.4. The molecular formula is C35H50ClN3O9. The number of allylic oxidation sites excluding steroid dienone is 3. The summed E-state index contributed by atoms with van der Waals surface area (Å²) >= 11 is 6.74. The van der Waals surface area contributed by atoms with Crippen LogP contribution in [0.25, 0.3) is 0 Å². The molecule has 2 N–H and O–H groups in total. The first-order valence-electron chi connectivity index (χ1n) is 16.3. The summed E-state index contributed by atoms with van der Waals surface area (Å²) in [5, 5.41) is 14.5. The molecule has 0 radical (unpaired) electrons. The maximum atomic E-state index is 14.0. The number of carbonyl (C=O) groups is 3. The summed E-state index contributed by atoms with van der Waals surface area (Å²) in [5.41, 5.74) is -0.654. The number of methoxy groups -OCH3 is 2. The van der Waals surface area contributed by atoms with E-state index in [1.54, 1.807) is 33.0 Å². The van der Waals surface area contributed by atoms with Crippen molar-refractivity contribution in [3.05, 3.63) is 46.5 Å². The number of nitrogens with one attached hydrogen (secondary N) is 1. The van der Waals surface area contributed by atoms with E-state index in [-0.39, 0.29) is 29.8 Å². The van der Waals surface area contributed by atoms with E-state index in [1.165, 1.54) is 19.1 Å². The van der Waals surface area contributed by atoms with Gasteiger partial charge in [0.2, 0.25) is 5.91 Å². The molecule has 2 amide bonds. The zero-order valence-corrected chi connectivity index (χ0v) is 30.3. The van der Waals surface area contributed by atoms with Gasteiger partial charge in [-0.3, -0.25) is 19.8 Å². The fourth-order valence-corrected chi connectivity index (χ4v) is 6.77. The summed E-state index contributed by atoms with van der Waals surface area (Å²) in [6, 6.07) is 3.11. The molecule has 2 saturated heterocycles. The fourth-order valence-electron chi connectivity index (χ4n) is 6.46. The number of likely N-dealkylation sites (N-methyl/N-ethyl adjacent to an activating group) is 1. The number of epoxide rings is 1. The average molecular weight is 692 g/mol. The summed E-state index contributed by atoms with van der Waals surface area (Å²) in [4.78, 5) is 43.6. The molecule has 3 aliphatic rings. The van der Waals surface area contributed by atoms with Crippen LogP contribution in [0.3, 0.4) is 0 Å². The molecule has 0 aromatic heterocycles. The van der Waals surface area contributed by atoms with Crippen molar-refractivity contribution in [1.82, 2.24) is 10.2 Å². The highest BCUT2D eigenvalue weighted by atomic mass is 35.5. The van der Waals surface area contributed by atoms with Gasteiger partial charge < -0.3 is 33.7 Å². The topological polar surface area (TPSA) is 139 Å². The second kappa shape index (κ2) is 14.8. The highest BCUT2D eigenvalue weighted by Crippen LogP contribution is 2.49. The third-order valence-electron chi connectivity index (χ3n) is 9.98. The number of halogens is 1. The summed E-state index contributed by atoms with van der Waals surface area (Å²) in [6.45, 7) is 11.2. The quantitative estimate of drug-likeness (QED) is 0.326. The lowest BCUT2D eigenvalue weighted by molar-refractivity contribution is -0.159. The Bertz CT molecular complexity index is 1450. The Morgan fingerprint density at radius 3 is 2.54 bits per heavy atom. The van der Waals surface area contributed by atoms with E-state index in [0.717, 1.165) is 11.1 Å². The number of hydrogen-bond donors (Lipinski definition) is 2. The lowest BCUT2D eigenvalue weighted by Gasteiger charge is -2.42. The smallest absolute Gasteiger partial charge is 0.409 e. The Labute approximate surface area is 288 Å². The van der Waals surface area contributed by atoms with Crippen LogP contribution in [0.1, 0.15) is 59.9 Å². The first-order valence-corrected chi connectivity index (χ1v) is 16.6. The number of amides is 2. The van der Waals surface area contributed by atoms with Gasteiger partial charge in [0, 0.05) is 32.5 Å². The second-order valence-electron chi connectivity index (χ2n) is 13.7. The summed E-state index contributed by atoms with van der Waals surface area (Å²) in [5.74, 6) is -0.920. The average Bonchev–Trinajstić information content (AvgIpc) is 3.73. The number of ether oxygens (including phenoxy) is 5. The molecule has 0 saturated carbocycles. The van der Waals surface area contributed by atoms with Crippen molar-refractivity contribution in [2.45, 2.75) is 109 Å². The van der Waals surface area contributed by atoms with E-state index in [1.807, 2.05) is 57.9 Å². The van der Waals surface area contributed by atoms with Crippen LogP contribution in [0, 0.1) is 5.92 Å². The molecular weight excluding hydrogens is 642 g/mol. The lowest BCUT2D eigenvalue weighted by Crippen LogP contribution is -2.63. The number of nitrogens with zero attached hydrogens (tertiary/aromatic N) is 2. The SMILES string of the molecule is COc1cc2cc(c1Cl)N(C)C(=O)C[C@@H](OC(=O)[C@H](C)N(C)C(C)C)[C@]1(C)OC1[C@H](C)[C@@H]1C[C@@](O)(NC(=O)O1)[C@H](OC)C=CC=C(C)C2. The first kappa shape index (κ1) is 37.7. The number of fused-ring (bicyclic) bond motifs is 5. The second-order valence-corrected chi connectivity index (χ2v) is 14.0. The molecule has 3 heterocycles. The molecule has 266 valence electrons. The largest absolute Gasteiger partial charge is 0.495 e. The molecule has 48 heavy (non-hydrogen) atoms. The van der Waals surface area contributed by atoms with Crippen LogP contribution in [0.15, 0.2) is 35.9 Å². The van der Waals surface area contributed by atoms with Crippen molar-refractivity contribution in [3.8, 4) is 5.75 Å². The van der Waals surface area contributed by atoms with E-state index in [2.05, 4.69) is 5.32 Å². The van der Waals surface area contributed by atoms with Gasteiger partial charge in [-0.15, -0.1) is 0 Å². The van der Waals surface area contributed by atoms with Crippen molar-refractivity contribution in [1.29, 1.82) is 0 Å². The van der Waals surface area contributed by atoms with E-state index in [4.69, 9.17) is 35.3 Å². The van der Waals surface area contributed by atoms with E-state index < -0.39 is 59.8 Å². The number of alkyl carbamates (subject to hydrolysis) is 1. The van der Waals surface area contributed by atoms with Gasteiger partial charge in [0.25, 0.3) is 0 Å². The molecule has 12 nitrogen and oxygen atoms in total. The van der Waals surface area contributed by atoms with Gasteiger partial charge in [0.1, 0.15) is 40.7 Å². The molecule has 4 rings (SSSR count). The van der Waals surface area contributed by atoms with Gasteiger partial charge >= 0.3 is 12.1 Å². The van der Waals surface area contributed by atoms with Crippen LogP contribution < -0.4 is 15.0 Å². The van der Waals surface area contributed by atoms with Gasteiger partial charge in [0.05, 0.1) is 25.3 Å². The van der Waals surface area contributed by atoms with Crippen LogP contribution in [0.2, 0.25) is 5.02 Å². The van der Waals surface area contributed by atoms with Crippen LogP contribution in [-0.2, 0) is 35.0 Å². The molecule has 8 atom stereocenters. The third-order valence-corrected chi connectivity index (χ3v) is 10.4. The highest BCUT2D eigenvalue weighted by Gasteiger charge is 2.64. The fraction of sp³-hybridized carbons (Fsp3) is 0.629. The van der Waals surface area contributed by atoms with Gasteiger partial charge in [0.15, 0.2) is 5.72 Å². The van der Waals surface area contributed by atoms with Crippen LogP contribution in [-0.4, -0.2) is 104 Å². The normalized spacial score (nSPS) is 31.8. The van der Waals surface area contributed by atoms with Gasteiger partial charge in [-0.1, -0.05) is 42.3 Å². The van der Waals surface area contributed by atoms with Crippen molar-refractivity contribution < 1.29 is 43.2 Å². The Hall–Kier alpha value is -3.16. The molecule has 0 aliphatic carbocycles. The Morgan fingerprint density at radius 2 is 1.92 bits per heavy atom. The molecule has 1 aromatic carbocycles. The Kier molecular flexibility index (Phi) is 11.6. The van der Waals surface area contributed by atoms with Crippen LogP contribution in [0.4, 0.5) is 10.5 Å². The number of carbonyl (C=O) groups excluding carboxylic acids is 3. The predicted molar refractivity (Wildman–Crippen MR) is 181 cm³/mol. The van der Waals surface area contributed by atoms with Crippen molar-refractivity contribution >= 4 is 35.3 Å². The van der Waals surface area contributed by atoms with Crippen LogP contribution in [0.5, 0.6) is 5.75 Å². The Balaban J connectivity index is 1.79. The van der Waals surface area contributed by atoms with Crippen molar-refractivity contribution in [2.75, 3.05) is 33.2 Å². The monoisotopic (exact) mass is 691 g/mol. The zero-order chi connectivity index (χ0) is 35.7. The molecule has 3 aliphatic heterocycles. The van der Waals surface area contributed by atoms with E-state index in [0.29, 0.717) is 17.9 Å². The minimum Gasteiger partial charge on any atom is -0.495 e. The maximum Gasteiger partial charge on any atom is 0.409 e. The van der Waals surface area contributed by atoms with Gasteiger partial charge in [-0.2, -0.15) is 0 Å². The molecule has 1 aromatic rings. The van der Waals surface area contributed by atoms with Crippen molar-refractivity contribution in [3.63, 3.8) is 0 Å².